The van der Waals surface area contributed by atoms with Crippen LogP contribution in [0.25, 0.3) is 16.9 Å². The van der Waals surface area contributed by atoms with Gasteiger partial charge in [0.05, 0.1) is 24.1 Å². The SMILES string of the molecule is CCOC(=O)c1ccccc1Nc1c(-c2cc(Br)ccc2O)nc2cnccn12. The monoisotopic (exact) mass is 452 g/mol. The minimum Gasteiger partial charge on any atom is -0.507 e. The van der Waals surface area contributed by atoms with E-state index < -0.39 is 5.97 Å². The van der Waals surface area contributed by atoms with Gasteiger partial charge in [0.25, 0.3) is 0 Å². The standard InChI is InChI=1S/C21H17BrN4O3/c1-2-29-21(28)14-5-3-4-6-16(14)24-20-19(15-11-13(22)7-8-17(15)27)25-18-12-23-9-10-26(18)20/h3-12,24,27H,2H2,1H3. The molecule has 0 spiro atoms. The molecule has 0 aliphatic heterocycles. The van der Waals surface area contributed by atoms with E-state index in [1.165, 1.54) is 0 Å². The molecular weight excluding hydrogens is 436 g/mol. The normalized spacial score (nSPS) is 10.8. The number of benzene rings is 2. The summed E-state index contributed by atoms with van der Waals surface area (Å²) in [5.74, 6) is 0.261. The number of hydrogen-bond donors (Lipinski definition) is 2. The van der Waals surface area contributed by atoms with Crippen LogP contribution in [0, 0.1) is 0 Å². The molecule has 4 rings (SSSR count). The fraction of sp³-hybridized carbons (Fsp3) is 0.0952. The number of ether oxygens (including phenoxy) is 1. The molecule has 0 saturated heterocycles. The van der Waals surface area contributed by atoms with Gasteiger partial charge in [0.2, 0.25) is 0 Å². The lowest BCUT2D eigenvalue weighted by atomic mass is 10.1. The zero-order chi connectivity index (χ0) is 20.4. The van der Waals surface area contributed by atoms with Gasteiger partial charge >= 0.3 is 5.97 Å². The van der Waals surface area contributed by atoms with Gasteiger partial charge in [0, 0.05) is 22.4 Å². The van der Waals surface area contributed by atoms with E-state index in [-0.39, 0.29) is 12.4 Å². The molecule has 4 aromatic rings. The number of fused-ring (bicyclic) bond motifs is 1. The number of carbonyl (C=O) groups is 1. The first-order valence-electron chi connectivity index (χ1n) is 8.92. The third kappa shape index (κ3) is 3.66. The Balaban J connectivity index is 1.89. The predicted molar refractivity (Wildman–Crippen MR) is 113 cm³/mol. The highest BCUT2D eigenvalue weighted by Gasteiger charge is 2.20. The number of hydrogen-bond acceptors (Lipinski definition) is 6. The Hall–Kier alpha value is -3.39. The molecule has 0 aliphatic rings. The summed E-state index contributed by atoms with van der Waals surface area (Å²) in [4.78, 5) is 21.1. The quantitative estimate of drug-likeness (QED) is 0.423. The Kier molecular flexibility index (Phi) is 5.18. The highest BCUT2D eigenvalue weighted by molar-refractivity contribution is 9.10. The van der Waals surface area contributed by atoms with Crippen molar-refractivity contribution in [2.75, 3.05) is 11.9 Å². The molecule has 146 valence electrons. The highest BCUT2D eigenvalue weighted by Crippen LogP contribution is 2.37. The summed E-state index contributed by atoms with van der Waals surface area (Å²) in [5, 5.41) is 13.7. The second-order valence-corrected chi connectivity index (χ2v) is 7.08. The summed E-state index contributed by atoms with van der Waals surface area (Å²) in [6, 6.07) is 12.2. The van der Waals surface area contributed by atoms with Crippen LogP contribution in [-0.4, -0.2) is 32.1 Å². The maximum atomic E-state index is 12.4. The topological polar surface area (TPSA) is 88.8 Å². The van der Waals surface area contributed by atoms with Crippen LogP contribution in [0.3, 0.4) is 0 Å². The molecule has 0 saturated carbocycles. The van der Waals surface area contributed by atoms with Crippen LogP contribution in [-0.2, 0) is 4.74 Å². The number of phenols is 1. The van der Waals surface area contributed by atoms with Crippen molar-refractivity contribution in [3.8, 4) is 17.0 Å². The first-order valence-corrected chi connectivity index (χ1v) is 9.72. The molecule has 2 aromatic heterocycles. The van der Waals surface area contributed by atoms with Crippen LogP contribution in [0.1, 0.15) is 17.3 Å². The largest absolute Gasteiger partial charge is 0.507 e. The molecule has 0 atom stereocenters. The molecule has 0 aliphatic carbocycles. The van der Waals surface area contributed by atoms with E-state index in [1.807, 2.05) is 10.5 Å². The van der Waals surface area contributed by atoms with Crippen molar-refractivity contribution in [1.29, 1.82) is 0 Å². The van der Waals surface area contributed by atoms with Gasteiger partial charge < -0.3 is 15.2 Å². The van der Waals surface area contributed by atoms with Crippen LogP contribution in [0.2, 0.25) is 0 Å². The van der Waals surface area contributed by atoms with Crippen molar-refractivity contribution in [2.24, 2.45) is 0 Å². The highest BCUT2D eigenvalue weighted by atomic mass is 79.9. The zero-order valence-corrected chi connectivity index (χ0v) is 17.0. The summed E-state index contributed by atoms with van der Waals surface area (Å²) in [6.07, 6.45) is 5.03. The molecule has 2 N–H and O–H groups in total. The molecule has 29 heavy (non-hydrogen) atoms. The molecule has 2 aromatic carbocycles. The average molecular weight is 453 g/mol. The van der Waals surface area contributed by atoms with Gasteiger partial charge in [-0.2, -0.15) is 0 Å². The van der Waals surface area contributed by atoms with E-state index in [2.05, 4.69) is 31.2 Å². The number of esters is 1. The number of aromatic hydroxyl groups is 1. The minimum absolute atomic E-state index is 0.0892. The van der Waals surface area contributed by atoms with E-state index >= 15 is 0 Å². The Morgan fingerprint density at radius 3 is 2.93 bits per heavy atom. The number of anilines is 2. The van der Waals surface area contributed by atoms with Gasteiger partial charge in [0.15, 0.2) is 5.65 Å². The molecular formula is C21H17BrN4O3. The molecule has 0 unspecified atom stereocenters. The Morgan fingerprint density at radius 1 is 1.28 bits per heavy atom. The van der Waals surface area contributed by atoms with E-state index in [0.29, 0.717) is 34.0 Å². The number of aromatic nitrogens is 3. The summed E-state index contributed by atoms with van der Waals surface area (Å²) in [6.45, 7) is 2.05. The number of nitrogens with one attached hydrogen (secondary N) is 1. The van der Waals surface area contributed by atoms with E-state index in [0.717, 1.165) is 4.47 Å². The molecule has 0 radical (unpaired) electrons. The molecule has 2 heterocycles. The van der Waals surface area contributed by atoms with Gasteiger partial charge in [-0.1, -0.05) is 28.1 Å². The van der Waals surface area contributed by atoms with Crippen LogP contribution in [0.15, 0.2) is 65.5 Å². The number of nitrogens with zero attached hydrogens (tertiary/aromatic N) is 3. The Labute approximate surface area is 175 Å². The fourth-order valence-corrected chi connectivity index (χ4v) is 3.38. The predicted octanol–water partition coefficient (Wildman–Crippen LogP) is 4.78. The van der Waals surface area contributed by atoms with Gasteiger partial charge in [-0.05, 0) is 37.3 Å². The van der Waals surface area contributed by atoms with Gasteiger partial charge in [-0.3, -0.25) is 9.38 Å². The Morgan fingerprint density at radius 2 is 2.10 bits per heavy atom. The van der Waals surface area contributed by atoms with Crippen molar-refractivity contribution >= 4 is 39.1 Å². The van der Waals surface area contributed by atoms with Crippen molar-refractivity contribution in [3.63, 3.8) is 0 Å². The van der Waals surface area contributed by atoms with Crippen molar-refractivity contribution in [2.45, 2.75) is 6.92 Å². The number of imidazole rings is 1. The maximum Gasteiger partial charge on any atom is 0.340 e. The van der Waals surface area contributed by atoms with Gasteiger partial charge in [0.1, 0.15) is 17.3 Å². The van der Waals surface area contributed by atoms with Crippen molar-refractivity contribution in [3.05, 3.63) is 71.1 Å². The van der Waals surface area contributed by atoms with Crippen LogP contribution in [0.4, 0.5) is 11.5 Å². The van der Waals surface area contributed by atoms with Crippen molar-refractivity contribution in [1.82, 2.24) is 14.4 Å². The maximum absolute atomic E-state index is 12.4. The van der Waals surface area contributed by atoms with Crippen LogP contribution < -0.4 is 5.32 Å². The molecule has 7 nitrogen and oxygen atoms in total. The smallest absolute Gasteiger partial charge is 0.340 e. The minimum atomic E-state index is -0.419. The molecule has 0 amide bonds. The lowest BCUT2D eigenvalue weighted by molar-refractivity contribution is 0.0527. The first-order chi connectivity index (χ1) is 14.1. The van der Waals surface area contributed by atoms with E-state index in [1.54, 1.807) is 61.9 Å². The average Bonchev–Trinajstić information content (AvgIpc) is 3.09. The second kappa shape index (κ2) is 7.92. The Bertz CT molecular complexity index is 1210. The zero-order valence-electron chi connectivity index (χ0n) is 15.5. The molecule has 0 fully saturated rings. The van der Waals surface area contributed by atoms with Gasteiger partial charge in [-0.15, -0.1) is 0 Å². The summed E-state index contributed by atoms with van der Waals surface area (Å²) in [7, 11) is 0. The first kappa shape index (κ1) is 18.9. The van der Waals surface area contributed by atoms with E-state index in [9.17, 15) is 9.90 Å². The third-order valence-corrected chi connectivity index (χ3v) is 4.81. The fourth-order valence-electron chi connectivity index (χ4n) is 3.02. The van der Waals surface area contributed by atoms with Gasteiger partial charge in [-0.25, -0.2) is 9.78 Å². The summed E-state index contributed by atoms with van der Waals surface area (Å²) >= 11 is 3.44. The number of rotatable bonds is 5. The number of para-hydroxylation sites is 1. The van der Waals surface area contributed by atoms with E-state index in [4.69, 9.17) is 4.74 Å². The lowest BCUT2D eigenvalue weighted by Crippen LogP contribution is -2.08. The number of phenolic OH excluding ortho intramolecular Hbond substituents is 1. The second-order valence-electron chi connectivity index (χ2n) is 6.17. The van der Waals surface area contributed by atoms with Crippen LogP contribution >= 0.6 is 15.9 Å². The number of halogens is 1. The molecule has 0 bridgehead atoms. The number of carbonyl (C=O) groups excluding carboxylic acids is 1. The van der Waals surface area contributed by atoms with Crippen molar-refractivity contribution < 1.29 is 14.6 Å². The summed E-state index contributed by atoms with van der Waals surface area (Å²) in [5.41, 5.74) is 2.63. The summed E-state index contributed by atoms with van der Waals surface area (Å²) < 4.78 is 7.78. The lowest BCUT2D eigenvalue weighted by Gasteiger charge is -2.13. The van der Waals surface area contributed by atoms with Crippen LogP contribution in [0.5, 0.6) is 5.75 Å². The third-order valence-electron chi connectivity index (χ3n) is 4.32. The molecule has 8 heteroatoms.